The van der Waals surface area contributed by atoms with Crippen LogP contribution in [-0.2, 0) is 0 Å². The minimum atomic E-state index is -0.0765. The molecule has 0 atom stereocenters. The largest absolute Gasteiger partial charge is 0.321 e. The predicted octanol–water partition coefficient (Wildman–Crippen LogP) is 3.85. The third-order valence-corrected chi connectivity index (χ3v) is 3.30. The molecule has 1 N–H and O–H groups in total. The number of amides is 1. The van der Waals surface area contributed by atoms with Crippen LogP contribution in [0.5, 0.6) is 0 Å². The van der Waals surface area contributed by atoms with Crippen LogP contribution in [0.1, 0.15) is 15.9 Å². The van der Waals surface area contributed by atoms with Crippen LogP contribution in [-0.4, -0.2) is 5.91 Å². The van der Waals surface area contributed by atoms with Crippen molar-refractivity contribution in [3.63, 3.8) is 0 Å². The summed E-state index contributed by atoms with van der Waals surface area (Å²) in [6, 6.07) is 15.2. The number of halogens is 1. The number of carbonyl (C=O) groups excluding carboxylic acids is 1. The van der Waals surface area contributed by atoms with E-state index in [0.717, 1.165) is 9.26 Å². The van der Waals surface area contributed by atoms with Crippen LogP contribution in [0.4, 0.5) is 5.69 Å². The van der Waals surface area contributed by atoms with Gasteiger partial charge in [0.1, 0.15) is 0 Å². The number of hydrogen-bond acceptors (Lipinski definition) is 1. The van der Waals surface area contributed by atoms with Crippen molar-refractivity contribution in [3.05, 3.63) is 63.2 Å². The zero-order valence-electron chi connectivity index (χ0n) is 9.41. The highest BCUT2D eigenvalue weighted by molar-refractivity contribution is 14.1. The first-order valence-electron chi connectivity index (χ1n) is 5.29. The quantitative estimate of drug-likeness (QED) is 0.829. The molecule has 0 aliphatic rings. The third kappa shape index (κ3) is 3.06. The molecule has 2 aromatic carbocycles. The molecule has 0 heterocycles. The first kappa shape index (κ1) is 12.1. The maximum absolute atomic E-state index is 11.9. The lowest BCUT2D eigenvalue weighted by molar-refractivity contribution is 0.102. The Kier molecular flexibility index (Phi) is 3.78. The van der Waals surface area contributed by atoms with Gasteiger partial charge in [0, 0.05) is 9.13 Å². The van der Waals surface area contributed by atoms with E-state index in [4.69, 9.17) is 0 Å². The average Bonchev–Trinajstić information content (AvgIpc) is 2.34. The molecule has 2 aromatic rings. The highest BCUT2D eigenvalue weighted by Gasteiger charge is 2.07. The summed E-state index contributed by atoms with van der Waals surface area (Å²) in [5.41, 5.74) is 2.71. The van der Waals surface area contributed by atoms with Crippen LogP contribution in [0.15, 0.2) is 48.5 Å². The van der Waals surface area contributed by atoms with Crippen LogP contribution in [0, 0.1) is 10.5 Å². The van der Waals surface area contributed by atoms with Gasteiger partial charge in [-0.2, -0.15) is 0 Å². The summed E-state index contributed by atoms with van der Waals surface area (Å²) < 4.78 is 1.05. The Hall–Kier alpha value is -1.36. The van der Waals surface area contributed by atoms with E-state index in [2.05, 4.69) is 27.9 Å². The van der Waals surface area contributed by atoms with Crippen molar-refractivity contribution >= 4 is 34.2 Å². The molecule has 0 saturated heterocycles. The van der Waals surface area contributed by atoms with Crippen LogP contribution in [0.2, 0.25) is 0 Å². The van der Waals surface area contributed by atoms with E-state index >= 15 is 0 Å². The number of rotatable bonds is 2. The molecule has 0 spiro atoms. The van der Waals surface area contributed by atoms with Crippen LogP contribution < -0.4 is 5.32 Å². The van der Waals surface area contributed by atoms with Gasteiger partial charge in [-0.05, 0) is 59.3 Å². The standard InChI is InChI=1S/C14H12INO/c1-10-7-8-13(12(15)9-10)16-14(17)11-5-3-2-4-6-11/h2-9H,1H3,(H,16,17). The Labute approximate surface area is 114 Å². The predicted molar refractivity (Wildman–Crippen MR) is 78.3 cm³/mol. The summed E-state index contributed by atoms with van der Waals surface area (Å²) >= 11 is 2.22. The molecule has 0 saturated carbocycles. The molecular weight excluding hydrogens is 325 g/mol. The third-order valence-electron chi connectivity index (χ3n) is 2.41. The van der Waals surface area contributed by atoms with E-state index in [1.165, 1.54) is 5.56 Å². The van der Waals surface area contributed by atoms with Crippen molar-refractivity contribution in [2.45, 2.75) is 6.92 Å². The smallest absolute Gasteiger partial charge is 0.255 e. The van der Waals surface area contributed by atoms with E-state index in [1.54, 1.807) is 12.1 Å². The lowest BCUT2D eigenvalue weighted by Crippen LogP contribution is -2.12. The molecule has 0 radical (unpaired) electrons. The molecule has 17 heavy (non-hydrogen) atoms. The van der Waals surface area contributed by atoms with E-state index in [-0.39, 0.29) is 5.91 Å². The minimum absolute atomic E-state index is 0.0765. The number of aryl methyl sites for hydroxylation is 1. The number of anilines is 1. The number of hydrogen-bond donors (Lipinski definition) is 1. The second kappa shape index (κ2) is 5.31. The van der Waals surface area contributed by atoms with Crippen LogP contribution >= 0.6 is 22.6 Å². The fourth-order valence-electron chi connectivity index (χ4n) is 1.51. The van der Waals surface area contributed by atoms with Gasteiger partial charge in [0.15, 0.2) is 0 Å². The summed E-state index contributed by atoms with van der Waals surface area (Å²) in [4.78, 5) is 11.9. The van der Waals surface area contributed by atoms with Gasteiger partial charge in [0.2, 0.25) is 0 Å². The fourth-order valence-corrected chi connectivity index (χ4v) is 2.31. The Morgan fingerprint density at radius 3 is 2.47 bits per heavy atom. The van der Waals surface area contributed by atoms with Gasteiger partial charge < -0.3 is 5.32 Å². The number of benzene rings is 2. The molecule has 1 amide bonds. The maximum atomic E-state index is 11.9. The molecule has 2 rings (SSSR count). The molecular formula is C14H12INO. The van der Waals surface area contributed by atoms with Gasteiger partial charge in [0.05, 0.1) is 5.69 Å². The van der Waals surface area contributed by atoms with Gasteiger partial charge in [-0.15, -0.1) is 0 Å². The van der Waals surface area contributed by atoms with Crippen molar-refractivity contribution in [2.24, 2.45) is 0 Å². The van der Waals surface area contributed by atoms with E-state index in [9.17, 15) is 4.79 Å². The highest BCUT2D eigenvalue weighted by Crippen LogP contribution is 2.20. The molecule has 0 unspecified atom stereocenters. The van der Waals surface area contributed by atoms with E-state index in [1.807, 2.05) is 43.3 Å². The second-order valence-corrected chi connectivity index (χ2v) is 4.97. The molecule has 3 heteroatoms. The molecule has 0 aliphatic carbocycles. The van der Waals surface area contributed by atoms with Gasteiger partial charge in [-0.1, -0.05) is 24.3 Å². The molecule has 2 nitrogen and oxygen atoms in total. The summed E-state index contributed by atoms with van der Waals surface area (Å²) in [6.07, 6.45) is 0. The van der Waals surface area contributed by atoms with Gasteiger partial charge >= 0.3 is 0 Å². The number of carbonyl (C=O) groups is 1. The first-order chi connectivity index (χ1) is 8.16. The maximum Gasteiger partial charge on any atom is 0.255 e. The second-order valence-electron chi connectivity index (χ2n) is 3.80. The minimum Gasteiger partial charge on any atom is -0.321 e. The lowest BCUT2D eigenvalue weighted by atomic mass is 10.2. The van der Waals surface area contributed by atoms with E-state index in [0.29, 0.717) is 5.56 Å². The average molecular weight is 337 g/mol. The SMILES string of the molecule is Cc1ccc(NC(=O)c2ccccc2)c(I)c1. The molecule has 0 bridgehead atoms. The zero-order valence-corrected chi connectivity index (χ0v) is 11.6. The molecule has 0 fully saturated rings. The summed E-state index contributed by atoms with van der Waals surface area (Å²) in [5, 5.41) is 2.91. The van der Waals surface area contributed by atoms with Gasteiger partial charge in [0.25, 0.3) is 5.91 Å². The molecule has 0 aromatic heterocycles. The van der Waals surface area contributed by atoms with Crippen LogP contribution in [0.25, 0.3) is 0 Å². The summed E-state index contributed by atoms with van der Waals surface area (Å²) in [7, 11) is 0. The zero-order chi connectivity index (χ0) is 12.3. The Balaban J connectivity index is 2.19. The summed E-state index contributed by atoms with van der Waals surface area (Å²) in [6.45, 7) is 2.03. The van der Waals surface area contributed by atoms with Gasteiger partial charge in [-0.3, -0.25) is 4.79 Å². The molecule has 86 valence electrons. The van der Waals surface area contributed by atoms with Crippen LogP contribution in [0.3, 0.4) is 0 Å². The van der Waals surface area contributed by atoms with E-state index < -0.39 is 0 Å². The first-order valence-corrected chi connectivity index (χ1v) is 6.37. The van der Waals surface area contributed by atoms with Crippen molar-refractivity contribution < 1.29 is 4.79 Å². The van der Waals surface area contributed by atoms with Crippen molar-refractivity contribution in [1.29, 1.82) is 0 Å². The number of nitrogens with one attached hydrogen (secondary N) is 1. The topological polar surface area (TPSA) is 29.1 Å². The van der Waals surface area contributed by atoms with Gasteiger partial charge in [-0.25, -0.2) is 0 Å². The van der Waals surface area contributed by atoms with Crippen molar-refractivity contribution in [3.8, 4) is 0 Å². The highest BCUT2D eigenvalue weighted by atomic mass is 127. The monoisotopic (exact) mass is 337 g/mol. The normalized spacial score (nSPS) is 10.0. The lowest BCUT2D eigenvalue weighted by Gasteiger charge is -2.08. The fraction of sp³-hybridized carbons (Fsp3) is 0.0714. The summed E-state index contributed by atoms with van der Waals surface area (Å²) in [5.74, 6) is -0.0765. The van der Waals surface area contributed by atoms with Crippen molar-refractivity contribution in [2.75, 3.05) is 5.32 Å². The molecule has 0 aliphatic heterocycles. The Morgan fingerprint density at radius 1 is 1.12 bits per heavy atom. The van der Waals surface area contributed by atoms with Crippen molar-refractivity contribution in [1.82, 2.24) is 0 Å². The Morgan fingerprint density at radius 2 is 1.82 bits per heavy atom. The Bertz CT molecular complexity index is 537.